The predicted octanol–water partition coefficient (Wildman–Crippen LogP) is 4.59. The minimum Gasteiger partial charge on any atom is -0.244 e. The Balaban J connectivity index is 0.000000531. The van der Waals surface area contributed by atoms with Crippen LogP contribution >= 0.6 is 11.3 Å². The summed E-state index contributed by atoms with van der Waals surface area (Å²) in [5, 5.41) is 0. The molecule has 1 heterocycles. The van der Waals surface area contributed by atoms with Gasteiger partial charge in [-0.05, 0) is 17.5 Å². The summed E-state index contributed by atoms with van der Waals surface area (Å²) in [5.41, 5.74) is 3.64. The monoisotopic (exact) mass is 225 g/mol. The fraction of sp³-hybridized carbons (Fsp3) is 0.417. The Morgan fingerprint density at radius 1 is 1.27 bits per heavy atom. The molecule has 1 nitrogen and oxygen atoms in total. The van der Waals surface area contributed by atoms with E-state index in [1.807, 2.05) is 19.9 Å². The van der Waals surface area contributed by atoms with Gasteiger partial charge < -0.3 is 0 Å². The number of halogens is 1. The van der Waals surface area contributed by atoms with Crippen LogP contribution in [-0.2, 0) is 0 Å². The molecule has 0 spiro atoms. The molecule has 0 aliphatic carbocycles. The lowest BCUT2D eigenvalue weighted by atomic mass is 10.0. The Bertz CT molecular complexity index is 434. The van der Waals surface area contributed by atoms with Crippen molar-refractivity contribution < 1.29 is 4.39 Å². The van der Waals surface area contributed by atoms with E-state index in [9.17, 15) is 4.39 Å². The topological polar surface area (TPSA) is 12.9 Å². The Kier molecular flexibility index (Phi) is 4.21. The molecule has 0 unspecified atom stereocenters. The van der Waals surface area contributed by atoms with Crippen LogP contribution in [0.2, 0.25) is 0 Å². The molecule has 0 aliphatic rings. The van der Waals surface area contributed by atoms with E-state index in [4.69, 9.17) is 0 Å². The Hall–Kier alpha value is -0.960. The van der Waals surface area contributed by atoms with Gasteiger partial charge in [0.1, 0.15) is 5.82 Å². The van der Waals surface area contributed by atoms with E-state index < -0.39 is 0 Å². The number of hydrogen-bond acceptors (Lipinski definition) is 2. The molecule has 3 heteroatoms. The average Bonchev–Trinajstić information content (AvgIpc) is 2.70. The van der Waals surface area contributed by atoms with Crippen molar-refractivity contribution >= 4 is 21.6 Å². The number of rotatable bonds is 1. The molecule has 15 heavy (non-hydrogen) atoms. The Labute approximate surface area is 94.0 Å². The molecule has 0 radical (unpaired) electrons. The molecule has 2 aromatic rings. The Morgan fingerprint density at radius 2 is 1.93 bits per heavy atom. The first-order chi connectivity index (χ1) is 7.20. The fourth-order valence-corrected chi connectivity index (χ4v) is 2.13. The maximum atomic E-state index is 13.2. The summed E-state index contributed by atoms with van der Waals surface area (Å²) in [4.78, 5) is 4.18. The van der Waals surface area contributed by atoms with Crippen LogP contribution in [0.5, 0.6) is 0 Å². The molecule has 82 valence electrons. The van der Waals surface area contributed by atoms with Crippen LogP contribution in [0.1, 0.15) is 39.2 Å². The van der Waals surface area contributed by atoms with Crippen LogP contribution in [0.4, 0.5) is 4.39 Å². The lowest BCUT2D eigenvalue weighted by molar-refractivity contribution is 0.640. The second-order valence-corrected chi connectivity index (χ2v) is 4.18. The highest BCUT2D eigenvalue weighted by Crippen LogP contribution is 2.28. The first kappa shape index (κ1) is 12.1. The van der Waals surface area contributed by atoms with Crippen molar-refractivity contribution in [1.82, 2.24) is 4.98 Å². The quantitative estimate of drug-likeness (QED) is 0.692. The summed E-state index contributed by atoms with van der Waals surface area (Å²) in [6.07, 6.45) is 0. The molecule has 0 atom stereocenters. The molecule has 0 aliphatic heterocycles. The molecule has 1 aromatic carbocycles. The lowest BCUT2D eigenvalue weighted by Gasteiger charge is -2.05. The van der Waals surface area contributed by atoms with Gasteiger partial charge in [0.05, 0.1) is 15.7 Å². The normalized spacial score (nSPS) is 10.3. The summed E-state index contributed by atoms with van der Waals surface area (Å²) < 4.78 is 13.9. The molecule has 0 amide bonds. The van der Waals surface area contributed by atoms with Gasteiger partial charge >= 0.3 is 0 Å². The highest BCUT2D eigenvalue weighted by molar-refractivity contribution is 7.16. The maximum Gasteiger partial charge on any atom is 0.142 e. The molecule has 2 rings (SSSR count). The van der Waals surface area contributed by atoms with Gasteiger partial charge in [-0.1, -0.05) is 33.8 Å². The van der Waals surface area contributed by atoms with E-state index in [0.717, 1.165) is 11.1 Å². The van der Waals surface area contributed by atoms with Crippen molar-refractivity contribution in [2.45, 2.75) is 33.6 Å². The summed E-state index contributed by atoms with van der Waals surface area (Å²) in [6.45, 7) is 8.18. The second-order valence-electron chi connectivity index (χ2n) is 3.32. The summed E-state index contributed by atoms with van der Waals surface area (Å²) in [6, 6.07) is 3.35. The maximum absolute atomic E-state index is 13.2. The Morgan fingerprint density at radius 3 is 2.53 bits per heavy atom. The van der Waals surface area contributed by atoms with E-state index in [0.29, 0.717) is 10.6 Å². The zero-order valence-corrected chi connectivity index (χ0v) is 10.4. The molecular weight excluding hydrogens is 209 g/mol. The van der Waals surface area contributed by atoms with Gasteiger partial charge in [0.2, 0.25) is 0 Å². The van der Waals surface area contributed by atoms with Crippen LogP contribution in [-0.4, -0.2) is 4.98 Å². The number of benzene rings is 1. The van der Waals surface area contributed by atoms with Crippen LogP contribution in [0.3, 0.4) is 0 Å². The van der Waals surface area contributed by atoms with Crippen molar-refractivity contribution in [3.63, 3.8) is 0 Å². The standard InChI is InChI=1S/C10H10FNS.C2H6/c1-6(2)7-3-4-8(11)10-9(7)12-5-13-10;1-2/h3-6H,1-2H3;1-2H3. The summed E-state index contributed by atoms with van der Waals surface area (Å²) in [7, 11) is 0. The molecule has 0 saturated heterocycles. The van der Waals surface area contributed by atoms with Crippen LogP contribution in [0.15, 0.2) is 17.6 Å². The lowest BCUT2D eigenvalue weighted by Crippen LogP contribution is -1.89. The molecular formula is C12H16FNS. The van der Waals surface area contributed by atoms with Gasteiger partial charge in [0, 0.05) is 0 Å². The van der Waals surface area contributed by atoms with Crippen LogP contribution in [0.25, 0.3) is 10.2 Å². The van der Waals surface area contributed by atoms with E-state index in [1.165, 1.54) is 17.4 Å². The molecule has 0 N–H and O–H groups in total. The van der Waals surface area contributed by atoms with Crippen molar-refractivity contribution in [3.05, 3.63) is 29.0 Å². The van der Waals surface area contributed by atoms with Crippen molar-refractivity contribution in [1.29, 1.82) is 0 Å². The summed E-state index contributed by atoms with van der Waals surface area (Å²) >= 11 is 1.36. The van der Waals surface area contributed by atoms with Gasteiger partial charge in [-0.3, -0.25) is 0 Å². The second kappa shape index (κ2) is 5.21. The smallest absolute Gasteiger partial charge is 0.142 e. The molecule has 0 saturated carbocycles. The summed E-state index contributed by atoms with van der Waals surface area (Å²) in [5.74, 6) is 0.229. The molecule has 0 fully saturated rings. The van der Waals surface area contributed by atoms with E-state index >= 15 is 0 Å². The number of fused-ring (bicyclic) bond motifs is 1. The van der Waals surface area contributed by atoms with Crippen LogP contribution in [0, 0.1) is 5.82 Å². The largest absolute Gasteiger partial charge is 0.244 e. The van der Waals surface area contributed by atoms with E-state index in [-0.39, 0.29) is 5.82 Å². The van der Waals surface area contributed by atoms with Crippen LogP contribution < -0.4 is 0 Å². The highest BCUT2D eigenvalue weighted by atomic mass is 32.1. The predicted molar refractivity (Wildman–Crippen MR) is 65.0 cm³/mol. The third-order valence-corrected chi connectivity index (χ3v) is 2.92. The van der Waals surface area contributed by atoms with Crippen molar-refractivity contribution in [3.8, 4) is 0 Å². The van der Waals surface area contributed by atoms with Gasteiger partial charge in [0.15, 0.2) is 0 Å². The number of hydrogen-bond donors (Lipinski definition) is 0. The number of aromatic nitrogens is 1. The SMILES string of the molecule is CC.CC(C)c1ccc(F)c2scnc12. The van der Waals surface area contributed by atoms with Crippen molar-refractivity contribution in [2.75, 3.05) is 0 Å². The third-order valence-electron chi connectivity index (χ3n) is 2.09. The molecule has 1 aromatic heterocycles. The fourth-order valence-electron chi connectivity index (χ4n) is 1.40. The van der Waals surface area contributed by atoms with Crippen molar-refractivity contribution in [2.24, 2.45) is 0 Å². The minimum absolute atomic E-state index is 0.165. The van der Waals surface area contributed by atoms with E-state index in [1.54, 1.807) is 5.51 Å². The highest BCUT2D eigenvalue weighted by Gasteiger charge is 2.10. The van der Waals surface area contributed by atoms with Gasteiger partial charge in [0.25, 0.3) is 0 Å². The third kappa shape index (κ3) is 2.34. The minimum atomic E-state index is -0.165. The molecule has 0 bridgehead atoms. The first-order valence-electron chi connectivity index (χ1n) is 5.21. The average molecular weight is 225 g/mol. The van der Waals surface area contributed by atoms with Gasteiger partial charge in [-0.25, -0.2) is 9.37 Å². The first-order valence-corrected chi connectivity index (χ1v) is 6.09. The number of nitrogens with zero attached hydrogens (tertiary/aromatic N) is 1. The number of thiazole rings is 1. The zero-order chi connectivity index (χ0) is 11.4. The van der Waals surface area contributed by atoms with Gasteiger partial charge in [-0.15, -0.1) is 11.3 Å². The zero-order valence-electron chi connectivity index (χ0n) is 9.54. The van der Waals surface area contributed by atoms with E-state index in [2.05, 4.69) is 18.8 Å². The van der Waals surface area contributed by atoms with Gasteiger partial charge in [-0.2, -0.15) is 0 Å².